The minimum absolute atomic E-state index is 0.312. The lowest BCUT2D eigenvalue weighted by Gasteiger charge is -2.13. The second-order valence-electron chi connectivity index (χ2n) is 7.70. The van der Waals surface area contributed by atoms with Crippen LogP contribution in [0, 0.1) is 19.7 Å². The molecule has 168 valence electrons. The van der Waals surface area contributed by atoms with Crippen LogP contribution in [0.5, 0.6) is 0 Å². The van der Waals surface area contributed by atoms with Gasteiger partial charge >= 0.3 is 0 Å². The lowest BCUT2D eigenvalue weighted by molar-refractivity contribution is 0.102. The normalized spacial score (nSPS) is 11.0. The van der Waals surface area contributed by atoms with Crippen LogP contribution in [0.1, 0.15) is 21.6 Å². The van der Waals surface area contributed by atoms with E-state index in [2.05, 4.69) is 15.3 Å². The SMILES string of the molecule is Cc1nc2nc(-c3ccccc3)nn2c(Sc2ccccc2NC(=O)c2ccc(F)cc2)c1C. The van der Waals surface area contributed by atoms with Crippen molar-refractivity contribution in [3.8, 4) is 11.4 Å². The number of carbonyl (C=O) groups is 1. The second-order valence-corrected chi connectivity index (χ2v) is 8.73. The first kappa shape index (κ1) is 21.8. The molecule has 0 bridgehead atoms. The third-order valence-corrected chi connectivity index (χ3v) is 6.64. The van der Waals surface area contributed by atoms with Gasteiger partial charge in [0.15, 0.2) is 5.82 Å². The zero-order valence-corrected chi connectivity index (χ0v) is 19.3. The van der Waals surface area contributed by atoms with Gasteiger partial charge in [-0.3, -0.25) is 4.79 Å². The van der Waals surface area contributed by atoms with E-state index in [9.17, 15) is 9.18 Å². The number of benzene rings is 3. The summed E-state index contributed by atoms with van der Waals surface area (Å²) < 4.78 is 15.0. The van der Waals surface area contributed by atoms with Gasteiger partial charge in [0.1, 0.15) is 10.8 Å². The van der Waals surface area contributed by atoms with Crippen LogP contribution in [0.25, 0.3) is 17.2 Å². The molecule has 2 heterocycles. The molecule has 0 aliphatic heterocycles. The maximum atomic E-state index is 13.2. The van der Waals surface area contributed by atoms with E-state index >= 15 is 0 Å². The average Bonchev–Trinajstić information content (AvgIpc) is 3.27. The molecule has 5 aromatic rings. The molecule has 8 heteroatoms. The highest BCUT2D eigenvalue weighted by atomic mass is 32.2. The van der Waals surface area contributed by atoms with Gasteiger partial charge in [0.25, 0.3) is 11.7 Å². The van der Waals surface area contributed by atoms with E-state index in [0.717, 1.165) is 26.7 Å². The molecule has 0 aliphatic carbocycles. The number of nitrogens with zero attached hydrogens (tertiary/aromatic N) is 4. The molecule has 0 saturated heterocycles. The number of carbonyl (C=O) groups excluding carboxylic acids is 1. The molecule has 5 rings (SSSR count). The third-order valence-electron chi connectivity index (χ3n) is 5.39. The zero-order valence-electron chi connectivity index (χ0n) is 18.5. The molecule has 0 spiro atoms. The van der Waals surface area contributed by atoms with Crippen LogP contribution < -0.4 is 5.32 Å². The van der Waals surface area contributed by atoms with E-state index in [1.165, 1.54) is 36.0 Å². The van der Waals surface area contributed by atoms with E-state index in [1.807, 2.05) is 68.4 Å². The second kappa shape index (κ2) is 9.07. The Labute approximate surface area is 199 Å². The number of halogens is 1. The molecule has 0 fully saturated rings. The Morgan fingerprint density at radius 2 is 1.62 bits per heavy atom. The maximum Gasteiger partial charge on any atom is 0.255 e. The lowest BCUT2D eigenvalue weighted by Crippen LogP contribution is -2.12. The summed E-state index contributed by atoms with van der Waals surface area (Å²) in [5.74, 6) is 0.408. The molecular weight excluding hydrogens is 449 g/mol. The number of para-hydroxylation sites is 1. The highest BCUT2D eigenvalue weighted by Gasteiger charge is 2.18. The van der Waals surface area contributed by atoms with E-state index < -0.39 is 0 Å². The minimum atomic E-state index is -0.386. The summed E-state index contributed by atoms with van der Waals surface area (Å²) in [6.45, 7) is 3.94. The molecule has 0 unspecified atom stereocenters. The predicted octanol–water partition coefficient (Wildman–Crippen LogP) is 5.95. The van der Waals surface area contributed by atoms with Gasteiger partial charge in [-0.15, -0.1) is 5.10 Å². The van der Waals surface area contributed by atoms with E-state index in [1.54, 1.807) is 4.52 Å². The number of rotatable bonds is 5. The monoisotopic (exact) mass is 469 g/mol. The number of aromatic nitrogens is 4. The van der Waals surface area contributed by atoms with Crippen molar-refractivity contribution in [1.29, 1.82) is 0 Å². The summed E-state index contributed by atoms with van der Waals surface area (Å²) in [5, 5.41) is 8.53. The Kier molecular flexibility index (Phi) is 5.81. The highest BCUT2D eigenvalue weighted by Crippen LogP contribution is 2.36. The molecular formula is C26H20FN5OS. The van der Waals surface area contributed by atoms with Crippen molar-refractivity contribution in [2.45, 2.75) is 23.8 Å². The molecule has 0 aliphatic rings. The van der Waals surface area contributed by atoms with Crippen LogP contribution in [-0.2, 0) is 0 Å². The van der Waals surface area contributed by atoms with Crippen molar-refractivity contribution in [1.82, 2.24) is 19.6 Å². The summed E-state index contributed by atoms with van der Waals surface area (Å²) in [6, 6.07) is 22.7. The van der Waals surface area contributed by atoms with Gasteiger partial charge in [0.2, 0.25) is 0 Å². The van der Waals surface area contributed by atoms with Gasteiger partial charge < -0.3 is 5.32 Å². The van der Waals surface area contributed by atoms with Crippen molar-refractivity contribution < 1.29 is 9.18 Å². The van der Waals surface area contributed by atoms with E-state index in [0.29, 0.717) is 22.9 Å². The first-order chi connectivity index (χ1) is 16.5. The zero-order chi connectivity index (χ0) is 23.7. The van der Waals surface area contributed by atoms with Gasteiger partial charge in [0, 0.05) is 27.3 Å². The third kappa shape index (κ3) is 4.27. The van der Waals surface area contributed by atoms with Crippen molar-refractivity contribution in [2.75, 3.05) is 5.32 Å². The summed E-state index contributed by atoms with van der Waals surface area (Å²) >= 11 is 1.48. The van der Waals surface area contributed by atoms with Crippen LogP contribution in [0.2, 0.25) is 0 Å². The Morgan fingerprint density at radius 3 is 2.38 bits per heavy atom. The maximum absolute atomic E-state index is 13.2. The first-order valence-corrected chi connectivity index (χ1v) is 11.4. The number of fused-ring (bicyclic) bond motifs is 1. The number of nitrogens with one attached hydrogen (secondary N) is 1. The summed E-state index contributed by atoms with van der Waals surface area (Å²) in [7, 11) is 0. The minimum Gasteiger partial charge on any atom is -0.321 e. The summed E-state index contributed by atoms with van der Waals surface area (Å²) in [5.41, 5.74) is 3.76. The lowest BCUT2D eigenvalue weighted by atomic mass is 10.2. The topological polar surface area (TPSA) is 72.2 Å². The standard InChI is InChI=1S/C26H20FN5OS/c1-16-17(2)28-26-30-23(18-8-4-3-5-9-18)31-32(26)25(16)34-22-11-7-6-10-21(22)29-24(33)19-12-14-20(27)15-13-19/h3-15H,1-2H3,(H,29,33). The van der Waals surface area contributed by atoms with E-state index in [4.69, 9.17) is 5.10 Å². The Balaban J connectivity index is 1.52. The average molecular weight is 470 g/mol. The van der Waals surface area contributed by atoms with Crippen molar-refractivity contribution in [3.63, 3.8) is 0 Å². The molecule has 34 heavy (non-hydrogen) atoms. The van der Waals surface area contributed by atoms with Gasteiger partial charge in [-0.2, -0.15) is 9.50 Å². The fourth-order valence-electron chi connectivity index (χ4n) is 3.45. The molecule has 0 atom stereocenters. The predicted molar refractivity (Wildman–Crippen MR) is 131 cm³/mol. The Hall–Kier alpha value is -4.04. The summed E-state index contributed by atoms with van der Waals surface area (Å²) in [4.78, 5) is 22.8. The molecule has 1 amide bonds. The van der Waals surface area contributed by atoms with Crippen LogP contribution in [0.4, 0.5) is 10.1 Å². The largest absolute Gasteiger partial charge is 0.321 e. The van der Waals surface area contributed by atoms with Crippen LogP contribution >= 0.6 is 11.8 Å². The smallest absolute Gasteiger partial charge is 0.255 e. The van der Waals surface area contributed by atoms with Crippen molar-refractivity contribution in [2.24, 2.45) is 0 Å². The first-order valence-electron chi connectivity index (χ1n) is 10.6. The number of anilines is 1. The van der Waals surface area contributed by atoms with Gasteiger partial charge in [-0.05, 0) is 50.2 Å². The fourth-order valence-corrected chi connectivity index (χ4v) is 4.54. The van der Waals surface area contributed by atoms with Crippen molar-refractivity contribution in [3.05, 3.63) is 102 Å². The molecule has 0 radical (unpaired) electrons. The molecule has 6 nitrogen and oxygen atoms in total. The number of amides is 1. The Bertz CT molecular complexity index is 1500. The van der Waals surface area contributed by atoms with Crippen LogP contribution in [0.15, 0.2) is 88.8 Å². The van der Waals surface area contributed by atoms with Crippen molar-refractivity contribution >= 4 is 29.1 Å². The Morgan fingerprint density at radius 1 is 0.912 bits per heavy atom. The fraction of sp³-hybridized carbons (Fsp3) is 0.0769. The van der Waals surface area contributed by atoms with Crippen LogP contribution in [-0.4, -0.2) is 25.5 Å². The molecule has 1 N–H and O–H groups in total. The van der Waals surface area contributed by atoms with Crippen LogP contribution in [0.3, 0.4) is 0 Å². The highest BCUT2D eigenvalue weighted by molar-refractivity contribution is 7.99. The summed E-state index contributed by atoms with van der Waals surface area (Å²) in [6.07, 6.45) is 0. The molecule has 0 saturated carbocycles. The molecule has 3 aromatic carbocycles. The van der Waals surface area contributed by atoms with Gasteiger partial charge in [-0.1, -0.05) is 54.2 Å². The van der Waals surface area contributed by atoms with E-state index in [-0.39, 0.29) is 11.7 Å². The number of aryl methyl sites for hydroxylation is 1. The number of hydrogen-bond acceptors (Lipinski definition) is 5. The molecule has 2 aromatic heterocycles. The quantitative estimate of drug-likeness (QED) is 0.322. The van der Waals surface area contributed by atoms with Gasteiger partial charge in [0.05, 0.1) is 5.69 Å². The number of hydrogen-bond donors (Lipinski definition) is 1. The van der Waals surface area contributed by atoms with Gasteiger partial charge in [-0.25, -0.2) is 9.37 Å².